The molecule has 35 heavy (non-hydrogen) atoms. The van der Waals surface area contributed by atoms with Gasteiger partial charge in [-0.25, -0.2) is 19.0 Å². The highest BCUT2D eigenvalue weighted by molar-refractivity contribution is 6.05. The van der Waals surface area contributed by atoms with E-state index in [1.165, 1.54) is 12.1 Å². The number of hydrogen-bond acceptors (Lipinski definition) is 6. The summed E-state index contributed by atoms with van der Waals surface area (Å²) in [6.45, 7) is 2.61. The van der Waals surface area contributed by atoms with Gasteiger partial charge < -0.3 is 19.7 Å². The van der Waals surface area contributed by atoms with Crippen LogP contribution in [0.3, 0.4) is 0 Å². The maximum absolute atomic E-state index is 13.3. The molecule has 1 fully saturated rings. The van der Waals surface area contributed by atoms with E-state index < -0.39 is 18.5 Å². The lowest BCUT2D eigenvalue weighted by Gasteiger charge is -2.31. The molecule has 1 saturated heterocycles. The summed E-state index contributed by atoms with van der Waals surface area (Å²) in [4.78, 5) is 43.3. The second-order valence-corrected chi connectivity index (χ2v) is 8.18. The first-order valence-electron chi connectivity index (χ1n) is 11.5. The Balaban J connectivity index is 1.39. The number of para-hydroxylation sites is 1. The standard InChI is InChI=1S/C26H26FN3O5/c1-2-34-26(33)30-13-11-19(12-14-30)28-24(31)16-35-25(32)21-15-23(17-7-9-18(27)10-8-17)29-22-6-4-3-5-20(21)22/h3-10,15,19H,2,11-14,16H2,1H3,(H,28,31). The second kappa shape index (κ2) is 10.9. The summed E-state index contributed by atoms with van der Waals surface area (Å²) in [6.07, 6.45) is 0.832. The van der Waals surface area contributed by atoms with Gasteiger partial charge in [0.25, 0.3) is 5.91 Å². The van der Waals surface area contributed by atoms with E-state index in [1.54, 1.807) is 54.3 Å². The summed E-state index contributed by atoms with van der Waals surface area (Å²) in [6, 6.07) is 14.4. The Morgan fingerprint density at radius 2 is 1.77 bits per heavy atom. The first kappa shape index (κ1) is 24.1. The number of pyridine rings is 1. The van der Waals surface area contributed by atoms with Gasteiger partial charge in [0.15, 0.2) is 6.61 Å². The molecule has 8 nitrogen and oxygen atoms in total. The van der Waals surface area contributed by atoms with Crippen molar-refractivity contribution in [1.29, 1.82) is 0 Å². The highest BCUT2D eigenvalue weighted by atomic mass is 19.1. The first-order valence-corrected chi connectivity index (χ1v) is 11.5. The monoisotopic (exact) mass is 479 g/mol. The molecule has 0 atom stereocenters. The number of nitrogens with one attached hydrogen (secondary N) is 1. The Kier molecular flexibility index (Phi) is 7.54. The zero-order valence-corrected chi connectivity index (χ0v) is 19.3. The molecule has 0 aliphatic carbocycles. The van der Waals surface area contributed by atoms with Gasteiger partial charge in [0.05, 0.1) is 23.4 Å². The molecule has 0 saturated carbocycles. The quantitative estimate of drug-likeness (QED) is 0.538. The summed E-state index contributed by atoms with van der Waals surface area (Å²) in [5.74, 6) is -1.43. The predicted octanol–water partition coefficient (Wildman–Crippen LogP) is 3.93. The van der Waals surface area contributed by atoms with E-state index in [-0.39, 0.29) is 23.5 Å². The average Bonchev–Trinajstić information content (AvgIpc) is 2.87. The van der Waals surface area contributed by atoms with Gasteiger partial charge in [-0.05, 0) is 56.2 Å². The van der Waals surface area contributed by atoms with Crippen LogP contribution in [0, 0.1) is 5.82 Å². The molecule has 0 bridgehead atoms. The smallest absolute Gasteiger partial charge is 0.409 e. The van der Waals surface area contributed by atoms with Gasteiger partial charge in [-0.1, -0.05) is 18.2 Å². The van der Waals surface area contributed by atoms with Crippen molar-refractivity contribution in [1.82, 2.24) is 15.2 Å². The minimum Gasteiger partial charge on any atom is -0.452 e. The molecular weight excluding hydrogens is 453 g/mol. The molecule has 4 rings (SSSR count). The SMILES string of the molecule is CCOC(=O)N1CCC(NC(=O)COC(=O)c2cc(-c3ccc(F)cc3)nc3ccccc23)CC1. The molecule has 3 aromatic rings. The van der Waals surface area contributed by atoms with E-state index in [0.717, 1.165) is 0 Å². The summed E-state index contributed by atoms with van der Waals surface area (Å²) in [5.41, 5.74) is 2.00. The molecule has 1 aliphatic heterocycles. The van der Waals surface area contributed by atoms with E-state index in [9.17, 15) is 18.8 Å². The third-order valence-corrected chi connectivity index (χ3v) is 5.80. The lowest BCUT2D eigenvalue weighted by molar-refractivity contribution is -0.125. The van der Waals surface area contributed by atoms with Crippen LogP contribution in [0.1, 0.15) is 30.1 Å². The number of carbonyl (C=O) groups excluding carboxylic acids is 3. The Labute approximate surface area is 202 Å². The normalized spacial score (nSPS) is 13.9. The summed E-state index contributed by atoms with van der Waals surface area (Å²) >= 11 is 0. The number of aromatic nitrogens is 1. The van der Waals surface area contributed by atoms with Crippen LogP contribution in [0.5, 0.6) is 0 Å². The minimum atomic E-state index is -0.653. The number of nitrogens with zero attached hydrogens (tertiary/aromatic N) is 2. The molecule has 2 amide bonds. The van der Waals surface area contributed by atoms with Crippen molar-refractivity contribution in [3.05, 3.63) is 66.0 Å². The Morgan fingerprint density at radius 1 is 1.06 bits per heavy atom. The summed E-state index contributed by atoms with van der Waals surface area (Å²) in [7, 11) is 0. The van der Waals surface area contributed by atoms with Crippen LogP contribution in [0.15, 0.2) is 54.6 Å². The lowest BCUT2D eigenvalue weighted by atomic mass is 10.0. The predicted molar refractivity (Wildman–Crippen MR) is 127 cm³/mol. The van der Waals surface area contributed by atoms with E-state index >= 15 is 0 Å². The van der Waals surface area contributed by atoms with E-state index in [4.69, 9.17) is 9.47 Å². The van der Waals surface area contributed by atoms with E-state index in [2.05, 4.69) is 10.3 Å². The minimum absolute atomic E-state index is 0.112. The Hall–Kier alpha value is -4.01. The summed E-state index contributed by atoms with van der Waals surface area (Å²) < 4.78 is 23.7. The molecule has 1 aliphatic rings. The van der Waals surface area contributed by atoms with Crippen LogP contribution in [0.2, 0.25) is 0 Å². The van der Waals surface area contributed by atoms with Gasteiger partial charge in [0.1, 0.15) is 5.82 Å². The zero-order chi connectivity index (χ0) is 24.8. The number of benzene rings is 2. The van der Waals surface area contributed by atoms with Crippen LogP contribution >= 0.6 is 0 Å². The number of rotatable bonds is 6. The third-order valence-electron chi connectivity index (χ3n) is 5.80. The van der Waals surface area contributed by atoms with Crippen LogP contribution in [-0.4, -0.2) is 60.2 Å². The van der Waals surface area contributed by atoms with Gasteiger partial charge in [0, 0.05) is 30.1 Å². The number of halogens is 1. The molecule has 1 N–H and O–H groups in total. The number of piperidine rings is 1. The van der Waals surface area contributed by atoms with Gasteiger partial charge in [-0.3, -0.25) is 4.79 Å². The average molecular weight is 480 g/mol. The van der Waals surface area contributed by atoms with Crippen LogP contribution in [0.4, 0.5) is 9.18 Å². The van der Waals surface area contributed by atoms with Gasteiger partial charge >= 0.3 is 12.1 Å². The van der Waals surface area contributed by atoms with Crippen molar-refractivity contribution in [3.8, 4) is 11.3 Å². The fraction of sp³-hybridized carbons (Fsp3) is 0.308. The Bertz CT molecular complexity index is 1220. The van der Waals surface area contributed by atoms with Crippen LogP contribution in [-0.2, 0) is 14.3 Å². The van der Waals surface area contributed by atoms with Gasteiger partial charge in [0.2, 0.25) is 0 Å². The molecule has 0 unspecified atom stereocenters. The summed E-state index contributed by atoms with van der Waals surface area (Å²) in [5, 5.41) is 3.45. The number of amides is 2. The highest BCUT2D eigenvalue weighted by Gasteiger charge is 2.25. The molecule has 9 heteroatoms. The van der Waals surface area contributed by atoms with Gasteiger partial charge in [-0.15, -0.1) is 0 Å². The number of carbonyl (C=O) groups is 3. The van der Waals surface area contributed by atoms with Crippen molar-refractivity contribution in [2.45, 2.75) is 25.8 Å². The zero-order valence-electron chi connectivity index (χ0n) is 19.3. The third kappa shape index (κ3) is 5.92. The maximum atomic E-state index is 13.3. The van der Waals surface area contributed by atoms with Crippen LogP contribution < -0.4 is 5.32 Å². The molecule has 182 valence electrons. The maximum Gasteiger partial charge on any atom is 0.409 e. The molecular formula is C26H26FN3O5. The number of ether oxygens (including phenoxy) is 2. The number of hydrogen-bond donors (Lipinski definition) is 1. The number of likely N-dealkylation sites (tertiary alicyclic amines) is 1. The largest absolute Gasteiger partial charge is 0.452 e. The fourth-order valence-electron chi connectivity index (χ4n) is 4.01. The van der Waals surface area contributed by atoms with E-state index in [0.29, 0.717) is 54.7 Å². The van der Waals surface area contributed by atoms with Crippen molar-refractivity contribution < 1.29 is 28.2 Å². The van der Waals surface area contributed by atoms with E-state index in [1.807, 2.05) is 0 Å². The van der Waals surface area contributed by atoms with Crippen LogP contribution in [0.25, 0.3) is 22.2 Å². The van der Waals surface area contributed by atoms with Crippen molar-refractivity contribution in [2.75, 3.05) is 26.3 Å². The molecule has 0 spiro atoms. The topological polar surface area (TPSA) is 97.8 Å². The molecule has 2 aromatic carbocycles. The number of fused-ring (bicyclic) bond motifs is 1. The first-order chi connectivity index (χ1) is 16.9. The second-order valence-electron chi connectivity index (χ2n) is 8.18. The van der Waals surface area contributed by atoms with Crippen molar-refractivity contribution >= 4 is 28.9 Å². The Morgan fingerprint density at radius 3 is 2.49 bits per heavy atom. The lowest BCUT2D eigenvalue weighted by Crippen LogP contribution is -2.47. The van der Waals surface area contributed by atoms with Gasteiger partial charge in [-0.2, -0.15) is 0 Å². The molecule has 2 heterocycles. The number of esters is 1. The van der Waals surface area contributed by atoms with Crippen molar-refractivity contribution in [3.63, 3.8) is 0 Å². The van der Waals surface area contributed by atoms with Crippen molar-refractivity contribution in [2.24, 2.45) is 0 Å². The fourth-order valence-corrected chi connectivity index (χ4v) is 4.01. The molecule has 0 radical (unpaired) electrons. The highest BCUT2D eigenvalue weighted by Crippen LogP contribution is 2.25. The molecule has 1 aromatic heterocycles.